The van der Waals surface area contributed by atoms with Gasteiger partial charge >= 0.3 is 0 Å². The molecule has 3 nitrogen and oxygen atoms in total. The van der Waals surface area contributed by atoms with Gasteiger partial charge in [-0.2, -0.15) is 0 Å². The van der Waals surface area contributed by atoms with E-state index in [4.69, 9.17) is 0 Å². The van der Waals surface area contributed by atoms with Gasteiger partial charge in [-0.1, -0.05) is 0 Å². The van der Waals surface area contributed by atoms with Crippen LogP contribution in [0.4, 0.5) is 0 Å². The van der Waals surface area contributed by atoms with Crippen LogP contribution in [0.2, 0.25) is 0 Å². The second kappa shape index (κ2) is 4.70. The first-order chi connectivity index (χ1) is 5.29. The monoisotopic (exact) mass is 157 g/mol. The molecular weight excluding hydrogens is 138 g/mol. The number of likely N-dealkylation sites (N-methyl/N-ethyl adjacent to an activating group) is 1. The summed E-state index contributed by atoms with van der Waals surface area (Å²) in [6, 6.07) is 0. The van der Waals surface area contributed by atoms with Crippen molar-refractivity contribution in [1.82, 2.24) is 15.3 Å². The molecule has 1 saturated heterocycles. The van der Waals surface area contributed by atoms with Gasteiger partial charge in [-0.25, -0.2) is 5.01 Å². The van der Waals surface area contributed by atoms with Gasteiger partial charge in [-0.3, -0.25) is 5.43 Å². The Balaban J connectivity index is 2.05. The van der Waals surface area contributed by atoms with Gasteiger partial charge in [0.25, 0.3) is 0 Å². The van der Waals surface area contributed by atoms with E-state index in [1.807, 2.05) is 0 Å². The zero-order valence-corrected chi connectivity index (χ0v) is 7.64. The molecule has 1 aliphatic heterocycles. The Labute approximate surface area is 69.3 Å². The summed E-state index contributed by atoms with van der Waals surface area (Å²) in [5.41, 5.74) is 3.38. The molecule has 1 fully saturated rings. The highest BCUT2D eigenvalue weighted by molar-refractivity contribution is 4.60. The van der Waals surface area contributed by atoms with Gasteiger partial charge in [-0.15, -0.1) is 0 Å². The van der Waals surface area contributed by atoms with Crippen LogP contribution in [0, 0.1) is 0 Å². The standard InChI is InChI=1S/C8H19N3/c1-10(2)7-8-11-6-4-3-5-9-11/h9H,3-8H2,1-2H3. The van der Waals surface area contributed by atoms with Gasteiger partial charge in [0.05, 0.1) is 0 Å². The zero-order chi connectivity index (χ0) is 8.10. The van der Waals surface area contributed by atoms with Crippen LogP contribution in [-0.2, 0) is 0 Å². The topological polar surface area (TPSA) is 18.5 Å². The van der Waals surface area contributed by atoms with Crippen molar-refractivity contribution in [3.8, 4) is 0 Å². The molecule has 11 heavy (non-hydrogen) atoms. The number of nitrogens with zero attached hydrogens (tertiary/aromatic N) is 2. The Morgan fingerprint density at radius 2 is 2.18 bits per heavy atom. The molecule has 1 rings (SSSR count). The number of hydrazine groups is 1. The van der Waals surface area contributed by atoms with Crippen LogP contribution in [-0.4, -0.2) is 50.2 Å². The minimum atomic E-state index is 1.15. The molecule has 0 aromatic heterocycles. The lowest BCUT2D eigenvalue weighted by Crippen LogP contribution is -2.45. The predicted octanol–water partition coefficient (Wildman–Crippen LogP) is 0.148. The first-order valence-electron chi connectivity index (χ1n) is 4.42. The van der Waals surface area contributed by atoms with Gasteiger partial charge < -0.3 is 4.90 Å². The summed E-state index contributed by atoms with van der Waals surface area (Å²) in [6.45, 7) is 4.67. The molecule has 3 heteroatoms. The van der Waals surface area contributed by atoms with E-state index in [0.717, 1.165) is 19.6 Å². The Bertz CT molecular complexity index is 97.5. The maximum atomic E-state index is 3.38. The highest BCUT2D eigenvalue weighted by atomic mass is 15.5. The van der Waals surface area contributed by atoms with Crippen LogP contribution in [0.25, 0.3) is 0 Å². The highest BCUT2D eigenvalue weighted by Gasteiger charge is 2.07. The molecule has 0 amide bonds. The van der Waals surface area contributed by atoms with Gasteiger partial charge in [0.1, 0.15) is 0 Å². The fourth-order valence-corrected chi connectivity index (χ4v) is 1.26. The molecule has 66 valence electrons. The van der Waals surface area contributed by atoms with Gasteiger partial charge in [-0.05, 0) is 26.9 Å². The Morgan fingerprint density at radius 3 is 2.73 bits per heavy atom. The van der Waals surface area contributed by atoms with Crippen molar-refractivity contribution in [2.24, 2.45) is 0 Å². The Morgan fingerprint density at radius 1 is 1.36 bits per heavy atom. The largest absolute Gasteiger partial charge is 0.308 e. The molecule has 0 saturated carbocycles. The van der Waals surface area contributed by atoms with E-state index in [2.05, 4.69) is 29.4 Å². The molecule has 0 unspecified atom stereocenters. The summed E-state index contributed by atoms with van der Waals surface area (Å²) in [5.74, 6) is 0. The number of nitrogens with one attached hydrogen (secondary N) is 1. The molecule has 0 aliphatic carbocycles. The van der Waals surface area contributed by atoms with Crippen LogP contribution >= 0.6 is 0 Å². The van der Waals surface area contributed by atoms with Gasteiger partial charge in [0.2, 0.25) is 0 Å². The van der Waals surface area contributed by atoms with Crippen LogP contribution in [0.1, 0.15) is 12.8 Å². The first kappa shape index (κ1) is 8.97. The zero-order valence-electron chi connectivity index (χ0n) is 7.64. The summed E-state index contributed by atoms with van der Waals surface area (Å²) < 4.78 is 0. The second-order valence-corrected chi connectivity index (χ2v) is 3.41. The summed E-state index contributed by atoms with van der Waals surface area (Å²) in [7, 11) is 4.23. The molecule has 0 atom stereocenters. The second-order valence-electron chi connectivity index (χ2n) is 3.41. The van der Waals surface area contributed by atoms with Crippen LogP contribution in [0.5, 0.6) is 0 Å². The molecule has 0 aromatic rings. The van der Waals surface area contributed by atoms with Crippen LogP contribution < -0.4 is 5.43 Å². The predicted molar refractivity (Wildman–Crippen MR) is 47.4 cm³/mol. The number of hydrogen-bond donors (Lipinski definition) is 1. The molecule has 0 radical (unpaired) electrons. The molecule has 1 heterocycles. The lowest BCUT2D eigenvalue weighted by Gasteiger charge is -2.28. The van der Waals surface area contributed by atoms with Crippen LogP contribution in [0.3, 0.4) is 0 Å². The fraction of sp³-hybridized carbons (Fsp3) is 1.00. The number of hydrogen-bond acceptors (Lipinski definition) is 3. The fourth-order valence-electron chi connectivity index (χ4n) is 1.26. The molecule has 1 N–H and O–H groups in total. The maximum Gasteiger partial charge on any atom is 0.0258 e. The minimum Gasteiger partial charge on any atom is -0.308 e. The van der Waals surface area contributed by atoms with E-state index in [-0.39, 0.29) is 0 Å². The van der Waals surface area contributed by atoms with Crippen molar-refractivity contribution >= 4 is 0 Å². The maximum absolute atomic E-state index is 3.38. The van der Waals surface area contributed by atoms with Gasteiger partial charge in [0, 0.05) is 26.2 Å². The average Bonchev–Trinajstić information content (AvgIpc) is 2.03. The Kier molecular flexibility index (Phi) is 3.83. The van der Waals surface area contributed by atoms with Crippen molar-refractivity contribution in [3.05, 3.63) is 0 Å². The summed E-state index contributed by atoms with van der Waals surface area (Å²) >= 11 is 0. The van der Waals surface area contributed by atoms with E-state index in [9.17, 15) is 0 Å². The Hall–Kier alpha value is -0.120. The number of rotatable bonds is 3. The van der Waals surface area contributed by atoms with E-state index < -0.39 is 0 Å². The van der Waals surface area contributed by atoms with E-state index in [1.165, 1.54) is 19.4 Å². The van der Waals surface area contributed by atoms with Crippen molar-refractivity contribution in [2.45, 2.75) is 12.8 Å². The van der Waals surface area contributed by atoms with Crippen LogP contribution in [0.15, 0.2) is 0 Å². The van der Waals surface area contributed by atoms with Gasteiger partial charge in [0.15, 0.2) is 0 Å². The molecule has 0 bridgehead atoms. The minimum absolute atomic E-state index is 1.15. The third-order valence-corrected chi connectivity index (χ3v) is 2.01. The lowest BCUT2D eigenvalue weighted by molar-refractivity contribution is 0.140. The normalized spacial score (nSPS) is 21.0. The van der Waals surface area contributed by atoms with Crippen molar-refractivity contribution in [1.29, 1.82) is 0 Å². The van der Waals surface area contributed by atoms with E-state index in [0.29, 0.717) is 0 Å². The third kappa shape index (κ3) is 3.70. The molecule has 0 aromatic carbocycles. The first-order valence-corrected chi connectivity index (χ1v) is 4.42. The molecular formula is C8H19N3. The smallest absolute Gasteiger partial charge is 0.0258 e. The quantitative estimate of drug-likeness (QED) is 0.629. The molecule has 0 spiro atoms. The summed E-state index contributed by atoms with van der Waals surface area (Å²) in [4.78, 5) is 2.22. The third-order valence-electron chi connectivity index (χ3n) is 2.01. The molecule has 1 aliphatic rings. The lowest BCUT2D eigenvalue weighted by atomic mass is 10.2. The summed E-state index contributed by atoms with van der Waals surface area (Å²) in [5, 5.41) is 2.32. The van der Waals surface area contributed by atoms with E-state index in [1.54, 1.807) is 0 Å². The average molecular weight is 157 g/mol. The van der Waals surface area contributed by atoms with Crippen molar-refractivity contribution < 1.29 is 0 Å². The SMILES string of the molecule is CN(C)CCN1CCCCN1. The summed E-state index contributed by atoms with van der Waals surface area (Å²) in [6.07, 6.45) is 2.68. The van der Waals surface area contributed by atoms with Crippen molar-refractivity contribution in [2.75, 3.05) is 40.3 Å². The van der Waals surface area contributed by atoms with E-state index >= 15 is 0 Å². The highest BCUT2D eigenvalue weighted by Crippen LogP contribution is 1.98. The van der Waals surface area contributed by atoms with Crippen molar-refractivity contribution in [3.63, 3.8) is 0 Å².